The van der Waals surface area contributed by atoms with Gasteiger partial charge in [0, 0.05) is 18.3 Å². The molecule has 1 aliphatic rings. The summed E-state index contributed by atoms with van der Waals surface area (Å²) in [6.07, 6.45) is 4.45. The molecule has 2 atom stereocenters. The summed E-state index contributed by atoms with van der Waals surface area (Å²) in [7, 11) is 0. The highest BCUT2D eigenvalue weighted by molar-refractivity contribution is 5.94. The highest BCUT2D eigenvalue weighted by Crippen LogP contribution is 2.26. The molecule has 1 aromatic carbocycles. The fourth-order valence-electron chi connectivity index (χ4n) is 3.15. The fourth-order valence-corrected chi connectivity index (χ4v) is 3.15. The van der Waals surface area contributed by atoms with E-state index in [4.69, 9.17) is 4.74 Å². The van der Waals surface area contributed by atoms with Crippen LogP contribution in [0.2, 0.25) is 0 Å². The van der Waals surface area contributed by atoms with Crippen LogP contribution in [0.4, 0.5) is 0 Å². The lowest BCUT2D eigenvalue weighted by Crippen LogP contribution is -2.46. The van der Waals surface area contributed by atoms with Gasteiger partial charge in [0.1, 0.15) is 18.8 Å². The average Bonchev–Trinajstić information content (AvgIpc) is 3.23. The number of aromatic nitrogens is 4. The molecule has 1 saturated heterocycles. The molecule has 2 aromatic heterocycles. The van der Waals surface area contributed by atoms with Crippen molar-refractivity contribution < 1.29 is 9.53 Å². The van der Waals surface area contributed by atoms with Crippen LogP contribution in [0.1, 0.15) is 28.9 Å². The Kier molecular flexibility index (Phi) is 4.45. The Morgan fingerprint density at radius 1 is 1.19 bits per heavy atom. The third kappa shape index (κ3) is 3.34. The second-order valence-electron chi connectivity index (χ2n) is 6.30. The Morgan fingerprint density at radius 2 is 2.04 bits per heavy atom. The number of rotatable bonds is 3. The molecule has 132 valence electrons. The van der Waals surface area contributed by atoms with Crippen molar-refractivity contribution >= 4 is 5.91 Å². The Morgan fingerprint density at radius 3 is 2.81 bits per heavy atom. The molecule has 0 saturated carbocycles. The van der Waals surface area contributed by atoms with E-state index in [-0.39, 0.29) is 18.1 Å². The lowest BCUT2D eigenvalue weighted by Gasteiger charge is -2.37. The average molecular weight is 349 g/mol. The summed E-state index contributed by atoms with van der Waals surface area (Å²) in [6.45, 7) is 3.07. The second kappa shape index (κ2) is 7.05. The van der Waals surface area contributed by atoms with Gasteiger partial charge in [-0.25, -0.2) is 14.6 Å². The molecule has 0 bridgehead atoms. The quantitative estimate of drug-likeness (QED) is 0.725. The normalized spacial score (nSPS) is 20.1. The van der Waals surface area contributed by atoms with Crippen LogP contribution in [0.5, 0.6) is 0 Å². The molecule has 1 amide bonds. The molecule has 3 aromatic rings. The zero-order chi connectivity index (χ0) is 17.9. The van der Waals surface area contributed by atoms with Gasteiger partial charge in [0.05, 0.1) is 12.6 Å². The third-order valence-corrected chi connectivity index (χ3v) is 4.36. The molecule has 0 unspecified atom stereocenters. The Labute approximate surface area is 151 Å². The number of ether oxygens (including phenoxy) is 1. The summed E-state index contributed by atoms with van der Waals surface area (Å²) in [5, 5.41) is 4.06. The molecule has 0 N–H and O–H groups in total. The van der Waals surface area contributed by atoms with Gasteiger partial charge in [-0.3, -0.25) is 4.79 Å². The SMILES string of the molecule is C[C@H]1CN(C(=O)c2ccnc(-n3cncn3)c2)C[C@H](c2ccccc2)O1. The molecular formula is C19H19N5O2. The van der Waals surface area contributed by atoms with Gasteiger partial charge in [-0.15, -0.1) is 0 Å². The van der Waals surface area contributed by atoms with Crippen LogP contribution in [0.15, 0.2) is 61.3 Å². The molecule has 3 heterocycles. The number of pyridine rings is 1. The second-order valence-corrected chi connectivity index (χ2v) is 6.30. The minimum absolute atomic E-state index is 0.0328. The van der Waals surface area contributed by atoms with Crippen molar-refractivity contribution in [2.75, 3.05) is 13.1 Å². The predicted molar refractivity (Wildman–Crippen MR) is 94.8 cm³/mol. The van der Waals surface area contributed by atoms with Crippen LogP contribution >= 0.6 is 0 Å². The molecule has 4 rings (SSSR count). The lowest BCUT2D eigenvalue weighted by molar-refractivity contribution is -0.0691. The molecule has 7 nitrogen and oxygen atoms in total. The van der Waals surface area contributed by atoms with Gasteiger partial charge in [0.15, 0.2) is 5.82 Å². The third-order valence-electron chi connectivity index (χ3n) is 4.36. The van der Waals surface area contributed by atoms with Crippen molar-refractivity contribution in [2.24, 2.45) is 0 Å². The first-order chi connectivity index (χ1) is 12.7. The summed E-state index contributed by atoms with van der Waals surface area (Å²) < 4.78 is 7.58. The van der Waals surface area contributed by atoms with Gasteiger partial charge in [0.2, 0.25) is 0 Å². The van der Waals surface area contributed by atoms with Crippen LogP contribution in [-0.2, 0) is 4.74 Å². The van der Waals surface area contributed by atoms with Gasteiger partial charge in [-0.05, 0) is 24.6 Å². The summed E-state index contributed by atoms with van der Waals surface area (Å²) >= 11 is 0. The number of carbonyl (C=O) groups excluding carboxylic acids is 1. The largest absolute Gasteiger partial charge is 0.367 e. The predicted octanol–water partition coefficient (Wildman–Crippen LogP) is 2.26. The van der Waals surface area contributed by atoms with Crippen LogP contribution in [-0.4, -0.2) is 49.7 Å². The molecule has 26 heavy (non-hydrogen) atoms. The first kappa shape index (κ1) is 16.4. The van der Waals surface area contributed by atoms with E-state index < -0.39 is 0 Å². The van der Waals surface area contributed by atoms with Crippen LogP contribution in [0, 0.1) is 0 Å². The smallest absolute Gasteiger partial charge is 0.254 e. The Bertz CT molecular complexity index is 882. The minimum Gasteiger partial charge on any atom is -0.367 e. The maximum atomic E-state index is 13.0. The number of hydrogen-bond donors (Lipinski definition) is 0. The molecular weight excluding hydrogens is 330 g/mol. The zero-order valence-electron chi connectivity index (χ0n) is 14.4. The zero-order valence-corrected chi connectivity index (χ0v) is 14.4. The van der Waals surface area contributed by atoms with E-state index in [1.807, 2.05) is 42.2 Å². The van der Waals surface area contributed by atoms with Crippen LogP contribution in [0.3, 0.4) is 0 Å². The molecule has 0 spiro atoms. The molecule has 0 radical (unpaired) electrons. The Balaban J connectivity index is 1.57. The van der Waals surface area contributed by atoms with Crippen molar-refractivity contribution in [3.63, 3.8) is 0 Å². The van der Waals surface area contributed by atoms with E-state index >= 15 is 0 Å². The number of morpholine rings is 1. The minimum atomic E-state index is -0.125. The number of amides is 1. The van der Waals surface area contributed by atoms with Crippen LogP contribution in [0.25, 0.3) is 5.82 Å². The fraction of sp³-hybridized carbons (Fsp3) is 0.263. The van der Waals surface area contributed by atoms with Crippen molar-refractivity contribution in [1.29, 1.82) is 0 Å². The maximum Gasteiger partial charge on any atom is 0.254 e. The number of benzene rings is 1. The lowest BCUT2D eigenvalue weighted by atomic mass is 10.1. The standard InChI is InChI=1S/C19H19N5O2/c1-14-10-23(11-17(26-14)15-5-3-2-4-6-15)19(25)16-7-8-21-18(9-16)24-13-20-12-22-24/h2-9,12-14,17H,10-11H2,1H3/t14-,17+/m0/s1. The monoisotopic (exact) mass is 349 g/mol. The first-order valence-electron chi connectivity index (χ1n) is 8.51. The van der Waals surface area contributed by atoms with Crippen molar-refractivity contribution in [2.45, 2.75) is 19.1 Å². The summed E-state index contributed by atoms with van der Waals surface area (Å²) in [4.78, 5) is 23.0. The van der Waals surface area contributed by atoms with Gasteiger partial charge < -0.3 is 9.64 Å². The van der Waals surface area contributed by atoms with E-state index in [0.717, 1.165) is 5.56 Å². The first-order valence-corrected chi connectivity index (χ1v) is 8.51. The number of nitrogens with zero attached hydrogens (tertiary/aromatic N) is 5. The highest BCUT2D eigenvalue weighted by atomic mass is 16.5. The molecule has 1 fully saturated rings. The summed E-state index contributed by atoms with van der Waals surface area (Å²) in [5.41, 5.74) is 1.65. The van der Waals surface area contributed by atoms with E-state index in [1.54, 1.807) is 24.7 Å². The topological polar surface area (TPSA) is 73.1 Å². The van der Waals surface area contributed by atoms with Crippen molar-refractivity contribution in [3.8, 4) is 5.82 Å². The maximum absolute atomic E-state index is 13.0. The number of hydrogen-bond acceptors (Lipinski definition) is 5. The Hall–Kier alpha value is -3.06. The van der Waals surface area contributed by atoms with Gasteiger partial charge in [-0.1, -0.05) is 30.3 Å². The van der Waals surface area contributed by atoms with Crippen molar-refractivity contribution in [1.82, 2.24) is 24.6 Å². The van der Waals surface area contributed by atoms with Crippen LogP contribution < -0.4 is 0 Å². The van der Waals surface area contributed by atoms with Crippen molar-refractivity contribution in [3.05, 3.63) is 72.4 Å². The van der Waals surface area contributed by atoms with Gasteiger partial charge in [-0.2, -0.15) is 5.10 Å². The van der Waals surface area contributed by atoms with E-state index in [1.165, 1.54) is 11.0 Å². The highest BCUT2D eigenvalue weighted by Gasteiger charge is 2.30. The van der Waals surface area contributed by atoms with Gasteiger partial charge >= 0.3 is 0 Å². The van der Waals surface area contributed by atoms with E-state index in [9.17, 15) is 4.79 Å². The van der Waals surface area contributed by atoms with E-state index in [2.05, 4.69) is 15.1 Å². The van der Waals surface area contributed by atoms with E-state index in [0.29, 0.717) is 24.5 Å². The molecule has 7 heteroatoms. The van der Waals surface area contributed by atoms with Gasteiger partial charge in [0.25, 0.3) is 5.91 Å². The summed E-state index contributed by atoms with van der Waals surface area (Å²) in [6, 6.07) is 13.5. The summed E-state index contributed by atoms with van der Waals surface area (Å²) in [5.74, 6) is 0.527. The molecule has 1 aliphatic heterocycles. The molecule has 0 aliphatic carbocycles. The number of carbonyl (C=O) groups is 1.